The number of hydrogen-bond acceptors (Lipinski definition) is 2. The molecule has 15 heavy (non-hydrogen) atoms. The summed E-state index contributed by atoms with van der Waals surface area (Å²) >= 11 is 0. The molecule has 1 radical (unpaired) electrons. The first-order valence-electron chi connectivity index (χ1n) is 5.40. The Morgan fingerprint density at radius 3 is 2.13 bits per heavy atom. The molecule has 0 bridgehead atoms. The van der Waals surface area contributed by atoms with E-state index in [1.807, 2.05) is 0 Å². The van der Waals surface area contributed by atoms with E-state index in [2.05, 4.69) is 0 Å². The molecule has 2 N–H and O–H groups in total. The standard InChI is InChI=1S/C11H15O4/c12-9(13)7-3-4-8(7)11(10(14)15)5-1-2-6-11/h8H,1-6H2,(H,12,13)(H,14,15). The van der Waals surface area contributed by atoms with Crippen molar-refractivity contribution in [1.29, 1.82) is 0 Å². The van der Waals surface area contributed by atoms with Gasteiger partial charge in [-0.2, -0.15) is 0 Å². The van der Waals surface area contributed by atoms with Crippen molar-refractivity contribution in [3.05, 3.63) is 5.92 Å². The van der Waals surface area contributed by atoms with E-state index in [0.29, 0.717) is 25.2 Å². The molecule has 0 heterocycles. The number of carbonyl (C=O) groups is 2. The van der Waals surface area contributed by atoms with Gasteiger partial charge in [-0.05, 0) is 31.6 Å². The van der Waals surface area contributed by atoms with E-state index in [-0.39, 0.29) is 5.92 Å². The van der Waals surface area contributed by atoms with Crippen LogP contribution in [0.3, 0.4) is 0 Å². The fourth-order valence-corrected chi connectivity index (χ4v) is 3.02. The third kappa shape index (κ3) is 1.43. The van der Waals surface area contributed by atoms with Gasteiger partial charge in [-0.25, -0.2) is 0 Å². The van der Waals surface area contributed by atoms with Crippen LogP contribution in [0.5, 0.6) is 0 Å². The van der Waals surface area contributed by atoms with Crippen molar-refractivity contribution in [2.45, 2.75) is 38.5 Å². The van der Waals surface area contributed by atoms with Gasteiger partial charge in [-0.15, -0.1) is 0 Å². The lowest BCUT2D eigenvalue weighted by atomic mass is 9.58. The van der Waals surface area contributed by atoms with Crippen molar-refractivity contribution in [1.82, 2.24) is 0 Å². The molecule has 2 aliphatic carbocycles. The maximum absolute atomic E-state index is 11.3. The van der Waals surface area contributed by atoms with Gasteiger partial charge in [-0.3, -0.25) is 9.59 Å². The molecule has 4 heteroatoms. The van der Waals surface area contributed by atoms with Gasteiger partial charge in [0.1, 0.15) is 0 Å². The average molecular weight is 211 g/mol. The van der Waals surface area contributed by atoms with E-state index in [9.17, 15) is 14.7 Å². The van der Waals surface area contributed by atoms with Crippen LogP contribution in [-0.4, -0.2) is 22.2 Å². The Bertz CT molecular complexity index is 291. The van der Waals surface area contributed by atoms with Crippen molar-refractivity contribution in [2.75, 3.05) is 0 Å². The fourth-order valence-electron chi connectivity index (χ4n) is 3.02. The van der Waals surface area contributed by atoms with Crippen LogP contribution in [0.1, 0.15) is 38.5 Å². The minimum Gasteiger partial charge on any atom is -0.481 e. The summed E-state index contributed by atoms with van der Waals surface area (Å²) in [5, 5.41) is 18.2. The highest BCUT2D eigenvalue weighted by atomic mass is 16.4. The predicted octanol–water partition coefficient (Wildman–Crippen LogP) is 1.70. The fraction of sp³-hybridized carbons (Fsp3) is 0.727. The van der Waals surface area contributed by atoms with Gasteiger partial charge in [-0.1, -0.05) is 12.8 Å². The van der Waals surface area contributed by atoms with Crippen LogP contribution in [-0.2, 0) is 9.59 Å². The Labute approximate surface area is 88.3 Å². The molecule has 1 unspecified atom stereocenters. The van der Waals surface area contributed by atoms with E-state index in [1.165, 1.54) is 0 Å². The largest absolute Gasteiger partial charge is 0.481 e. The molecular weight excluding hydrogens is 196 g/mol. The summed E-state index contributed by atoms with van der Waals surface area (Å²) in [5.41, 5.74) is -0.758. The molecule has 0 spiro atoms. The van der Waals surface area contributed by atoms with Crippen molar-refractivity contribution in [3.63, 3.8) is 0 Å². The van der Waals surface area contributed by atoms with Crippen LogP contribution < -0.4 is 0 Å². The zero-order valence-electron chi connectivity index (χ0n) is 8.53. The summed E-state index contributed by atoms with van der Waals surface area (Å²) in [6.45, 7) is 0. The maximum Gasteiger partial charge on any atom is 0.311 e. The first-order valence-corrected chi connectivity index (χ1v) is 5.40. The molecule has 2 aliphatic rings. The number of aliphatic carboxylic acids is 2. The number of carboxylic acid groups (broad SMARTS) is 2. The highest BCUT2D eigenvalue weighted by Crippen LogP contribution is 2.55. The van der Waals surface area contributed by atoms with E-state index in [0.717, 1.165) is 19.3 Å². The van der Waals surface area contributed by atoms with Gasteiger partial charge in [0.15, 0.2) is 0 Å². The average Bonchev–Trinajstić information content (AvgIpc) is 2.50. The van der Waals surface area contributed by atoms with E-state index in [4.69, 9.17) is 5.11 Å². The Hall–Kier alpha value is -1.06. The van der Waals surface area contributed by atoms with Crippen LogP contribution in [0, 0.1) is 17.3 Å². The van der Waals surface area contributed by atoms with Gasteiger partial charge in [0.05, 0.1) is 11.3 Å². The second-order valence-corrected chi connectivity index (χ2v) is 4.59. The quantitative estimate of drug-likeness (QED) is 0.745. The SMILES string of the molecule is O=C(O)[C]1CCC1C1(C(=O)O)CCCC1. The lowest BCUT2D eigenvalue weighted by Crippen LogP contribution is -2.46. The summed E-state index contributed by atoms with van der Waals surface area (Å²) < 4.78 is 0. The van der Waals surface area contributed by atoms with Crippen LogP contribution in [0.25, 0.3) is 0 Å². The third-order valence-electron chi connectivity index (χ3n) is 3.99. The molecule has 0 aliphatic heterocycles. The normalized spacial score (nSPS) is 29.7. The van der Waals surface area contributed by atoms with Crippen molar-refractivity contribution >= 4 is 11.9 Å². The monoisotopic (exact) mass is 211 g/mol. The molecule has 1 atom stereocenters. The first-order chi connectivity index (χ1) is 7.08. The Morgan fingerprint density at radius 1 is 1.20 bits per heavy atom. The van der Waals surface area contributed by atoms with Gasteiger partial charge in [0, 0.05) is 0 Å². The van der Waals surface area contributed by atoms with Crippen molar-refractivity contribution in [3.8, 4) is 0 Å². The zero-order chi connectivity index (χ0) is 11.1. The summed E-state index contributed by atoms with van der Waals surface area (Å²) in [4.78, 5) is 22.2. The second kappa shape index (κ2) is 3.51. The van der Waals surface area contributed by atoms with Crippen LogP contribution >= 0.6 is 0 Å². The van der Waals surface area contributed by atoms with Crippen LogP contribution in [0.2, 0.25) is 0 Å². The molecule has 0 saturated heterocycles. The molecule has 2 fully saturated rings. The topological polar surface area (TPSA) is 74.6 Å². The molecule has 0 aromatic rings. The lowest BCUT2D eigenvalue weighted by molar-refractivity contribution is -0.155. The highest BCUT2D eigenvalue weighted by molar-refractivity contribution is 5.87. The van der Waals surface area contributed by atoms with Gasteiger partial charge >= 0.3 is 11.9 Å². The maximum atomic E-state index is 11.3. The minimum atomic E-state index is -0.904. The summed E-state index contributed by atoms with van der Waals surface area (Å²) in [6, 6.07) is 0. The summed E-state index contributed by atoms with van der Waals surface area (Å²) in [6.07, 6.45) is 4.40. The molecule has 0 aromatic carbocycles. The molecular formula is C11H15O4. The number of carboxylic acids is 2. The van der Waals surface area contributed by atoms with Crippen LogP contribution in [0.4, 0.5) is 0 Å². The molecule has 4 nitrogen and oxygen atoms in total. The molecule has 83 valence electrons. The molecule has 2 saturated carbocycles. The second-order valence-electron chi connectivity index (χ2n) is 4.59. The molecule has 0 aromatic heterocycles. The smallest absolute Gasteiger partial charge is 0.311 e. The zero-order valence-corrected chi connectivity index (χ0v) is 8.53. The predicted molar refractivity (Wildman–Crippen MR) is 52.1 cm³/mol. The highest BCUT2D eigenvalue weighted by Gasteiger charge is 2.56. The lowest BCUT2D eigenvalue weighted by Gasteiger charge is -2.43. The molecule has 0 amide bonds. The Kier molecular flexibility index (Phi) is 2.44. The first kappa shape index (κ1) is 10.5. The Balaban J connectivity index is 2.19. The van der Waals surface area contributed by atoms with E-state index in [1.54, 1.807) is 0 Å². The summed E-state index contributed by atoms with van der Waals surface area (Å²) in [7, 11) is 0. The summed E-state index contributed by atoms with van der Waals surface area (Å²) in [5.74, 6) is -1.49. The van der Waals surface area contributed by atoms with E-state index < -0.39 is 17.4 Å². The number of rotatable bonds is 3. The van der Waals surface area contributed by atoms with Crippen molar-refractivity contribution in [2.24, 2.45) is 11.3 Å². The molecule has 2 rings (SSSR count). The Morgan fingerprint density at radius 2 is 1.80 bits per heavy atom. The van der Waals surface area contributed by atoms with Crippen LogP contribution in [0.15, 0.2) is 0 Å². The van der Waals surface area contributed by atoms with Crippen molar-refractivity contribution < 1.29 is 19.8 Å². The van der Waals surface area contributed by atoms with Gasteiger partial charge < -0.3 is 10.2 Å². The third-order valence-corrected chi connectivity index (χ3v) is 3.99. The van der Waals surface area contributed by atoms with Gasteiger partial charge in [0.25, 0.3) is 0 Å². The van der Waals surface area contributed by atoms with E-state index >= 15 is 0 Å². The van der Waals surface area contributed by atoms with Gasteiger partial charge in [0.2, 0.25) is 0 Å². The minimum absolute atomic E-state index is 0.213. The number of hydrogen-bond donors (Lipinski definition) is 2.